The summed E-state index contributed by atoms with van der Waals surface area (Å²) in [5, 5.41) is 3.69. The minimum Gasteiger partial charge on any atom is -0.360 e. The van der Waals surface area contributed by atoms with Crippen LogP contribution in [0.2, 0.25) is 0 Å². The van der Waals surface area contributed by atoms with Crippen molar-refractivity contribution in [2.45, 2.75) is 56.8 Å². The number of alkyl halides is 3. The first-order chi connectivity index (χ1) is 12.0. The molecule has 1 aromatic carbocycles. The molecule has 0 saturated heterocycles. The second-order valence-corrected chi connectivity index (χ2v) is 8.30. The minimum absolute atomic E-state index is 0.0109. The van der Waals surface area contributed by atoms with E-state index in [1.165, 1.54) is 30.3 Å². The molecule has 1 saturated carbocycles. The van der Waals surface area contributed by atoms with Crippen LogP contribution in [0.4, 0.5) is 13.2 Å². The van der Waals surface area contributed by atoms with Crippen molar-refractivity contribution in [1.29, 1.82) is 0 Å². The Balaban J connectivity index is 2.04. The fourth-order valence-corrected chi connectivity index (χ4v) is 5.28. The highest BCUT2D eigenvalue weighted by Crippen LogP contribution is 2.41. The molecule has 0 aliphatic heterocycles. The van der Waals surface area contributed by atoms with Gasteiger partial charge in [-0.05, 0) is 51.3 Å². The molecule has 0 spiro atoms. The standard InChI is InChI=1S/C17H19F3N2O3S/c1-10-16(12(3)25-21-10)26(23,24)22(15-7-8-15)11(2)13-5-4-6-14(9-13)17(18,19)20/h4-6,9,11,15H,7-8H2,1-3H3. The molecule has 142 valence electrons. The van der Waals surface area contributed by atoms with Crippen molar-refractivity contribution >= 4 is 10.0 Å². The summed E-state index contributed by atoms with van der Waals surface area (Å²) >= 11 is 0. The number of hydrogen-bond acceptors (Lipinski definition) is 4. The molecule has 0 N–H and O–H groups in total. The van der Waals surface area contributed by atoms with Gasteiger partial charge in [0.2, 0.25) is 10.0 Å². The second-order valence-electron chi connectivity index (χ2n) is 6.52. The number of rotatable bonds is 5. The molecule has 1 aromatic heterocycles. The molecule has 5 nitrogen and oxygen atoms in total. The van der Waals surface area contributed by atoms with Gasteiger partial charge < -0.3 is 4.52 Å². The van der Waals surface area contributed by atoms with Crippen molar-refractivity contribution in [3.05, 3.63) is 46.8 Å². The zero-order valence-electron chi connectivity index (χ0n) is 14.5. The molecule has 0 radical (unpaired) electrons. The predicted octanol–water partition coefficient (Wildman–Crippen LogP) is 4.22. The maximum atomic E-state index is 13.2. The Morgan fingerprint density at radius 2 is 1.92 bits per heavy atom. The summed E-state index contributed by atoms with van der Waals surface area (Å²) in [5.41, 5.74) is -0.265. The van der Waals surface area contributed by atoms with Crippen LogP contribution in [0.25, 0.3) is 0 Å². The molecule has 26 heavy (non-hydrogen) atoms. The molecule has 1 unspecified atom stereocenters. The molecule has 9 heteroatoms. The van der Waals surface area contributed by atoms with Crippen molar-refractivity contribution in [1.82, 2.24) is 9.46 Å². The highest BCUT2D eigenvalue weighted by Gasteiger charge is 2.44. The molecule has 0 bridgehead atoms. The van der Waals surface area contributed by atoms with E-state index in [0.717, 1.165) is 12.1 Å². The van der Waals surface area contributed by atoms with Crippen LogP contribution in [-0.2, 0) is 16.2 Å². The van der Waals surface area contributed by atoms with Crippen molar-refractivity contribution in [2.24, 2.45) is 0 Å². The van der Waals surface area contributed by atoms with E-state index in [-0.39, 0.29) is 22.4 Å². The van der Waals surface area contributed by atoms with Crippen LogP contribution >= 0.6 is 0 Å². The third kappa shape index (κ3) is 3.37. The Morgan fingerprint density at radius 3 is 2.42 bits per heavy atom. The van der Waals surface area contributed by atoms with E-state index in [4.69, 9.17) is 4.52 Å². The van der Waals surface area contributed by atoms with Gasteiger partial charge in [-0.1, -0.05) is 17.3 Å². The van der Waals surface area contributed by atoms with Crippen LogP contribution in [0.15, 0.2) is 33.7 Å². The van der Waals surface area contributed by atoms with Crippen LogP contribution in [0.5, 0.6) is 0 Å². The highest BCUT2D eigenvalue weighted by molar-refractivity contribution is 7.89. The molecular weight excluding hydrogens is 369 g/mol. The molecular formula is C17H19F3N2O3S. The minimum atomic E-state index is -4.49. The van der Waals surface area contributed by atoms with Crippen LogP contribution < -0.4 is 0 Å². The van der Waals surface area contributed by atoms with Crippen molar-refractivity contribution in [3.8, 4) is 0 Å². The van der Waals surface area contributed by atoms with Gasteiger partial charge >= 0.3 is 6.18 Å². The van der Waals surface area contributed by atoms with E-state index >= 15 is 0 Å². The van der Waals surface area contributed by atoms with Crippen molar-refractivity contribution < 1.29 is 26.1 Å². The lowest BCUT2D eigenvalue weighted by Gasteiger charge is -2.29. The SMILES string of the molecule is Cc1noc(C)c1S(=O)(=O)N(C1CC1)C(C)c1cccc(C(F)(F)F)c1. The first-order valence-electron chi connectivity index (χ1n) is 8.17. The number of aryl methyl sites for hydroxylation is 2. The molecule has 1 atom stereocenters. The molecule has 2 aromatic rings. The summed E-state index contributed by atoms with van der Waals surface area (Å²) < 4.78 is 71.7. The maximum Gasteiger partial charge on any atom is 0.416 e. The monoisotopic (exact) mass is 388 g/mol. The van der Waals surface area contributed by atoms with E-state index in [0.29, 0.717) is 18.4 Å². The number of sulfonamides is 1. The van der Waals surface area contributed by atoms with E-state index < -0.39 is 27.8 Å². The van der Waals surface area contributed by atoms with Gasteiger partial charge in [-0.15, -0.1) is 0 Å². The molecule has 0 amide bonds. The van der Waals surface area contributed by atoms with Gasteiger partial charge in [-0.3, -0.25) is 0 Å². The van der Waals surface area contributed by atoms with Crippen molar-refractivity contribution in [2.75, 3.05) is 0 Å². The lowest BCUT2D eigenvalue weighted by Crippen LogP contribution is -2.36. The van der Waals surface area contributed by atoms with Crippen LogP contribution in [0.3, 0.4) is 0 Å². The van der Waals surface area contributed by atoms with Gasteiger partial charge in [-0.2, -0.15) is 17.5 Å². The molecule has 3 rings (SSSR count). The fraction of sp³-hybridized carbons (Fsp3) is 0.471. The van der Waals surface area contributed by atoms with Crippen LogP contribution in [-0.4, -0.2) is 23.9 Å². The summed E-state index contributed by atoms with van der Waals surface area (Å²) in [6.07, 6.45) is -3.14. The fourth-order valence-electron chi connectivity index (χ4n) is 3.12. The Hall–Kier alpha value is -1.87. The summed E-state index contributed by atoms with van der Waals surface area (Å²) in [6.45, 7) is 4.64. The number of aromatic nitrogens is 1. The molecule has 1 fully saturated rings. The van der Waals surface area contributed by atoms with Gasteiger partial charge in [0.1, 0.15) is 10.6 Å². The number of halogens is 3. The van der Waals surface area contributed by atoms with Crippen LogP contribution in [0.1, 0.15) is 48.4 Å². The lowest BCUT2D eigenvalue weighted by atomic mass is 10.0. The Kier molecular flexibility index (Phi) is 4.64. The predicted molar refractivity (Wildman–Crippen MR) is 87.9 cm³/mol. The van der Waals surface area contributed by atoms with Gasteiger partial charge in [0.15, 0.2) is 5.76 Å². The third-order valence-electron chi connectivity index (χ3n) is 4.49. The van der Waals surface area contributed by atoms with E-state index in [1.807, 2.05) is 0 Å². The lowest BCUT2D eigenvalue weighted by molar-refractivity contribution is -0.137. The smallest absolute Gasteiger partial charge is 0.360 e. The summed E-state index contributed by atoms with van der Waals surface area (Å²) in [4.78, 5) is -0.0109. The maximum absolute atomic E-state index is 13.2. The average molecular weight is 388 g/mol. The Bertz CT molecular complexity index is 898. The number of hydrogen-bond donors (Lipinski definition) is 0. The molecule has 1 heterocycles. The Morgan fingerprint density at radius 1 is 1.27 bits per heavy atom. The van der Waals surface area contributed by atoms with E-state index in [9.17, 15) is 21.6 Å². The zero-order chi connectivity index (χ0) is 19.3. The van der Waals surface area contributed by atoms with Gasteiger partial charge in [0.25, 0.3) is 0 Å². The van der Waals surface area contributed by atoms with Gasteiger partial charge in [0, 0.05) is 12.1 Å². The van der Waals surface area contributed by atoms with E-state index in [1.54, 1.807) is 6.92 Å². The first kappa shape index (κ1) is 18.9. The van der Waals surface area contributed by atoms with Crippen LogP contribution in [0, 0.1) is 13.8 Å². The largest absolute Gasteiger partial charge is 0.416 e. The Labute approximate surface area is 149 Å². The van der Waals surface area contributed by atoms with Gasteiger partial charge in [0.05, 0.1) is 5.56 Å². The summed E-state index contributed by atoms with van der Waals surface area (Å²) in [7, 11) is -3.96. The zero-order valence-corrected chi connectivity index (χ0v) is 15.4. The normalized spacial score (nSPS) is 16.9. The molecule has 1 aliphatic carbocycles. The van der Waals surface area contributed by atoms with Gasteiger partial charge in [-0.25, -0.2) is 8.42 Å². The quantitative estimate of drug-likeness (QED) is 0.769. The van der Waals surface area contributed by atoms with E-state index in [2.05, 4.69) is 5.16 Å². The molecule has 1 aliphatic rings. The van der Waals surface area contributed by atoms with Crippen molar-refractivity contribution in [3.63, 3.8) is 0 Å². The topological polar surface area (TPSA) is 63.4 Å². The number of benzene rings is 1. The second kappa shape index (κ2) is 6.38. The third-order valence-corrected chi connectivity index (χ3v) is 6.76. The average Bonchev–Trinajstić information content (AvgIpc) is 3.30. The first-order valence-corrected chi connectivity index (χ1v) is 9.61. The number of nitrogens with zero attached hydrogens (tertiary/aromatic N) is 2. The summed E-state index contributed by atoms with van der Waals surface area (Å²) in [5.74, 6) is 0.171. The summed E-state index contributed by atoms with van der Waals surface area (Å²) in [6, 6.07) is 3.80. The highest BCUT2D eigenvalue weighted by atomic mass is 32.2.